The van der Waals surface area contributed by atoms with Gasteiger partial charge in [-0.3, -0.25) is 4.79 Å². The Labute approximate surface area is 153 Å². The van der Waals surface area contributed by atoms with Crippen molar-refractivity contribution in [1.29, 1.82) is 0 Å². The largest absolute Gasteiger partial charge is 0.479 e. The van der Waals surface area contributed by atoms with Crippen LogP contribution < -0.4 is 9.50 Å². The summed E-state index contributed by atoms with van der Waals surface area (Å²) in [5.74, 6) is -3.19. The summed E-state index contributed by atoms with van der Waals surface area (Å²) in [6.07, 6.45) is 0. The molecule has 4 nitrogen and oxygen atoms in total. The third kappa shape index (κ3) is 3.85. The summed E-state index contributed by atoms with van der Waals surface area (Å²) in [5, 5.41) is 1.98. The van der Waals surface area contributed by atoms with Gasteiger partial charge in [-0.25, -0.2) is 8.78 Å². The molecular formula is C17H10F5NO3S. The van der Waals surface area contributed by atoms with Crippen LogP contribution in [0.2, 0.25) is 0 Å². The SMILES string of the molecule is CNC(=O)c1c(-c2ccc(F)cc2)oc2ccc(OSC(F)(F)F)c(F)c12. The van der Waals surface area contributed by atoms with E-state index in [-0.39, 0.29) is 27.9 Å². The predicted molar refractivity (Wildman–Crippen MR) is 89.2 cm³/mol. The van der Waals surface area contributed by atoms with E-state index in [0.29, 0.717) is 0 Å². The van der Waals surface area contributed by atoms with Crippen LogP contribution in [-0.4, -0.2) is 18.5 Å². The second-order valence-corrected chi connectivity index (χ2v) is 6.05. The minimum absolute atomic E-state index is 0.0520. The molecule has 1 aromatic heterocycles. The van der Waals surface area contributed by atoms with Crippen molar-refractivity contribution in [2.45, 2.75) is 5.51 Å². The summed E-state index contributed by atoms with van der Waals surface area (Å²) in [6.45, 7) is 0. The van der Waals surface area contributed by atoms with E-state index < -0.39 is 40.8 Å². The zero-order chi connectivity index (χ0) is 19.8. The lowest BCUT2D eigenvalue weighted by Gasteiger charge is -2.08. The molecule has 0 saturated carbocycles. The first-order valence-electron chi connectivity index (χ1n) is 7.36. The van der Waals surface area contributed by atoms with Gasteiger partial charge in [0.25, 0.3) is 5.91 Å². The molecule has 0 atom stereocenters. The smallest absolute Gasteiger partial charge is 0.455 e. The second kappa shape index (κ2) is 7.10. The van der Waals surface area contributed by atoms with Crippen molar-refractivity contribution < 1.29 is 35.3 Å². The lowest BCUT2D eigenvalue weighted by atomic mass is 10.0. The van der Waals surface area contributed by atoms with Crippen LogP contribution in [0.25, 0.3) is 22.3 Å². The van der Waals surface area contributed by atoms with Gasteiger partial charge in [-0.1, -0.05) is 0 Å². The van der Waals surface area contributed by atoms with Crippen LogP contribution in [0, 0.1) is 11.6 Å². The number of carbonyl (C=O) groups excluding carboxylic acids is 1. The zero-order valence-corrected chi connectivity index (χ0v) is 14.3. The lowest BCUT2D eigenvalue weighted by Crippen LogP contribution is -2.18. The molecule has 0 unspecified atom stereocenters. The van der Waals surface area contributed by atoms with E-state index in [9.17, 15) is 26.7 Å². The number of furan rings is 1. The summed E-state index contributed by atoms with van der Waals surface area (Å²) >= 11 is -0.879. The van der Waals surface area contributed by atoms with Crippen molar-refractivity contribution in [1.82, 2.24) is 5.32 Å². The number of benzene rings is 2. The monoisotopic (exact) mass is 403 g/mol. The highest BCUT2D eigenvalue weighted by atomic mass is 32.2. The van der Waals surface area contributed by atoms with Gasteiger partial charge in [0.1, 0.15) is 17.2 Å². The molecule has 0 aliphatic carbocycles. The van der Waals surface area contributed by atoms with Crippen LogP contribution in [0.15, 0.2) is 40.8 Å². The number of fused-ring (bicyclic) bond motifs is 1. The van der Waals surface area contributed by atoms with Gasteiger partial charge in [-0.15, -0.1) is 0 Å². The molecule has 0 fully saturated rings. The van der Waals surface area contributed by atoms with Crippen molar-refractivity contribution in [3.63, 3.8) is 0 Å². The molecule has 0 spiro atoms. The van der Waals surface area contributed by atoms with Gasteiger partial charge in [0.2, 0.25) is 0 Å². The number of rotatable bonds is 4. The Balaban J connectivity index is 2.19. The summed E-state index contributed by atoms with van der Waals surface area (Å²) in [4.78, 5) is 12.3. The van der Waals surface area contributed by atoms with Crippen molar-refractivity contribution in [2.24, 2.45) is 0 Å². The van der Waals surface area contributed by atoms with E-state index in [1.165, 1.54) is 25.2 Å². The van der Waals surface area contributed by atoms with Gasteiger partial charge < -0.3 is 13.9 Å². The minimum Gasteiger partial charge on any atom is -0.455 e. The number of halogens is 5. The van der Waals surface area contributed by atoms with Crippen LogP contribution >= 0.6 is 12.0 Å². The predicted octanol–water partition coefficient (Wildman–Crippen LogP) is 5.28. The fourth-order valence-corrected chi connectivity index (χ4v) is 2.75. The molecule has 1 amide bonds. The Morgan fingerprint density at radius 1 is 1.11 bits per heavy atom. The van der Waals surface area contributed by atoms with Crippen molar-refractivity contribution in [2.75, 3.05) is 7.05 Å². The average Bonchev–Trinajstić information content (AvgIpc) is 3.00. The molecule has 142 valence electrons. The van der Waals surface area contributed by atoms with Gasteiger partial charge in [-0.2, -0.15) is 13.2 Å². The summed E-state index contributed by atoms with van der Waals surface area (Å²) in [5.41, 5.74) is -4.76. The number of amides is 1. The van der Waals surface area contributed by atoms with Crippen LogP contribution in [0.4, 0.5) is 22.0 Å². The van der Waals surface area contributed by atoms with Gasteiger partial charge >= 0.3 is 5.51 Å². The summed E-state index contributed by atoms with van der Waals surface area (Å²) < 4.78 is 74.8. The first-order valence-corrected chi connectivity index (χ1v) is 8.11. The standard InChI is InChI=1S/C17H10F5NO3S/c1-23-16(24)13-12-10(25-15(13)8-2-4-9(18)5-3-8)6-7-11(14(12)19)26-27-17(20,21)22/h2-7H,1H3,(H,23,24). The van der Waals surface area contributed by atoms with Gasteiger partial charge in [0.05, 0.1) is 10.9 Å². The van der Waals surface area contributed by atoms with Crippen molar-refractivity contribution in [3.05, 3.63) is 53.6 Å². The molecule has 3 aromatic rings. The number of alkyl halides is 3. The third-order valence-electron chi connectivity index (χ3n) is 3.54. The molecule has 10 heteroatoms. The maximum absolute atomic E-state index is 14.8. The Hall–Kier alpha value is -2.75. The molecular weight excluding hydrogens is 393 g/mol. The summed E-state index contributed by atoms with van der Waals surface area (Å²) in [7, 11) is 1.30. The molecule has 0 bridgehead atoms. The van der Waals surface area contributed by atoms with Crippen LogP contribution in [-0.2, 0) is 0 Å². The van der Waals surface area contributed by atoms with Crippen molar-refractivity contribution >= 4 is 28.9 Å². The Bertz CT molecular complexity index is 998. The highest BCUT2D eigenvalue weighted by Crippen LogP contribution is 2.40. The highest BCUT2D eigenvalue weighted by Gasteiger charge is 2.33. The number of hydrogen-bond acceptors (Lipinski definition) is 4. The molecule has 1 N–H and O–H groups in total. The molecule has 1 heterocycles. The van der Waals surface area contributed by atoms with E-state index in [2.05, 4.69) is 9.50 Å². The van der Waals surface area contributed by atoms with Gasteiger partial charge in [0.15, 0.2) is 23.6 Å². The maximum Gasteiger partial charge on any atom is 0.479 e. The number of hydrogen-bond donors (Lipinski definition) is 1. The topological polar surface area (TPSA) is 51.5 Å². The van der Waals surface area contributed by atoms with E-state index in [0.717, 1.165) is 18.2 Å². The molecule has 0 saturated heterocycles. The van der Waals surface area contributed by atoms with Crippen LogP contribution in [0.3, 0.4) is 0 Å². The minimum atomic E-state index is -4.74. The molecule has 3 rings (SSSR count). The van der Waals surface area contributed by atoms with E-state index in [1.807, 2.05) is 0 Å². The first-order chi connectivity index (χ1) is 12.7. The average molecular weight is 403 g/mol. The maximum atomic E-state index is 14.8. The molecule has 2 aromatic carbocycles. The molecule has 27 heavy (non-hydrogen) atoms. The molecule has 0 aliphatic heterocycles. The van der Waals surface area contributed by atoms with E-state index >= 15 is 0 Å². The van der Waals surface area contributed by atoms with E-state index in [4.69, 9.17) is 4.42 Å². The summed E-state index contributed by atoms with van der Waals surface area (Å²) in [6, 6.07) is 7.05. The van der Waals surface area contributed by atoms with Gasteiger partial charge in [0, 0.05) is 12.6 Å². The number of nitrogens with one attached hydrogen (secondary N) is 1. The van der Waals surface area contributed by atoms with Crippen LogP contribution in [0.1, 0.15) is 10.4 Å². The van der Waals surface area contributed by atoms with Crippen LogP contribution in [0.5, 0.6) is 5.75 Å². The number of carbonyl (C=O) groups is 1. The Morgan fingerprint density at radius 3 is 2.37 bits per heavy atom. The Kier molecular flexibility index (Phi) is 5.01. The molecule has 0 aliphatic rings. The van der Waals surface area contributed by atoms with Gasteiger partial charge in [-0.05, 0) is 36.4 Å². The Morgan fingerprint density at radius 2 is 1.78 bits per heavy atom. The quantitative estimate of drug-likeness (QED) is 0.476. The highest BCUT2D eigenvalue weighted by molar-refractivity contribution is 7.95. The van der Waals surface area contributed by atoms with Crippen molar-refractivity contribution in [3.8, 4) is 17.1 Å². The normalized spacial score (nSPS) is 11.6. The molecule has 0 radical (unpaired) electrons. The fourth-order valence-electron chi connectivity index (χ4n) is 2.43. The van der Waals surface area contributed by atoms with E-state index in [1.54, 1.807) is 0 Å². The fraction of sp³-hybridized carbons (Fsp3) is 0.118. The second-order valence-electron chi connectivity index (χ2n) is 5.26. The first kappa shape index (κ1) is 19.0. The lowest BCUT2D eigenvalue weighted by molar-refractivity contribution is -0.0370. The third-order valence-corrected chi connectivity index (χ3v) is 4.00. The zero-order valence-electron chi connectivity index (χ0n) is 13.5.